The van der Waals surface area contributed by atoms with E-state index in [1.54, 1.807) is 6.20 Å². The molecule has 2 nitrogen and oxygen atoms in total. The van der Waals surface area contributed by atoms with Crippen molar-refractivity contribution >= 4 is 23.0 Å². The van der Waals surface area contributed by atoms with E-state index in [1.165, 1.54) is 16.7 Å². The number of aromatic nitrogens is 1. The summed E-state index contributed by atoms with van der Waals surface area (Å²) in [4.78, 5) is 4.06. The van der Waals surface area contributed by atoms with Gasteiger partial charge in [-0.25, -0.2) is 4.98 Å². The molecule has 2 rings (SSSR count). The maximum atomic E-state index is 6.04. The Labute approximate surface area is 107 Å². The minimum atomic E-state index is 0.492. The molecule has 0 radical (unpaired) electrons. The molecular weight excluding hydrogens is 232 g/mol. The first-order valence-electron chi connectivity index (χ1n) is 5.53. The van der Waals surface area contributed by atoms with Gasteiger partial charge in [-0.2, -0.15) is 0 Å². The Balaban J connectivity index is 2.40. The molecule has 88 valence electrons. The molecule has 0 saturated carbocycles. The predicted octanol–water partition coefficient (Wildman–Crippen LogP) is 4.40. The van der Waals surface area contributed by atoms with Gasteiger partial charge < -0.3 is 5.32 Å². The van der Waals surface area contributed by atoms with Gasteiger partial charge in [-0.05, 0) is 44.0 Å². The van der Waals surface area contributed by atoms with Gasteiger partial charge >= 0.3 is 0 Å². The summed E-state index contributed by atoms with van der Waals surface area (Å²) in [7, 11) is 0. The maximum absolute atomic E-state index is 6.04. The van der Waals surface area contributed by atoms with Crippen LogP contribution >= 0.6 is 11.6 Å². The fraction of sp³-hybridized carbons (Fsp3) is 0.214. The lowest BCUT2D eigenvalue weighted by Crippen LogP contribution is -1.98. The SMILES string of the molecule is Cc1cc(C)c(Nc2cccnc2Cl)c(C)c1. The van der Waals surface area contributed by atoms with Crippen LogP contribution in [0.4, 0.5) is 11.4 Å². The highest BCUT2D eigenvalue weighted by Gasteiger charge is 2.06. The highest BCUT2D eigenvalue weighted by atomic mass is 35.5. The molecule has 0 aliphatic heterocycles. The fourth-order valence-electron chi connectivity index (χ4n) is 1.99. The summed E-state index contributed by atoms with van der Waals surface area (Å²) in [5.41, 5.74) is 5.63. The van der Waals surface area contributed by atoms with Crippen molar-refractivity contribution in [2.75, 3.05) is 5.32 Å². The lowest BCUT2D eigenvalue weighted by Gasteiger charge is -2.14. The number of halogens is 1. The molecule has 0 atom stereocenters. The van der Waals surface area contributed by atoms with E-state index >= 15 is 0 Å². The van der Waals surface area contributed by atoms with E-state index in [4.69, 9.17) is 11.6 Å². The van der Waals surface area contributed by atoms with Crippen LogP contribution < -0.4 is 5.32 Å². The van der Waals surface area contributed by atoms with Crippen molar-refractivity contribution in [1.82, 2.24) is 4.98 Å². The molecule has 1 aromatic heterocycles. The number of hydrogen-bond donors (Lipinski definition) is 1. The third-order valence-electron chi connectivity index (χ3n) is 2.70. The van der Waals surface area contributed by atoms with Crippen molar-refractivity contribution in [1.29, 1.82) is 0 Å². The minimum absolute atomic E-state index is 0.492. The van der Waals surface area contributed by atoms with Crippen molar-refractivity contribution in [3.8, 4) is 0 Å². The van der Waals surface area contributed by atoms with Crippen LogP contribution in [0.5, 0.6) is 0 Å². The molecule has 0 aliphatic rings. The average Bonchev–Trinajstić information content (AvgIpc) is 2.25. The third kappa shape index (κ3) is 2.59. The minimum Gasteiger partial charge on any atom is -0.353 e. The van der Waals surface area contributed by atoms with Crippen LogP contribution in [0.25, 0.3) is 0 Å². The van der Waals surface area contributed by atoms with E-state index in [-0.39, 0.29) is 0 Å². The summed E-state index contributed by atoms with van der Waals surface area (Å²) in [6.45, 7) is 6.28. The fourth-order valence-corrected chi connectivity index (χ4v) is 2.16. The summed E-state index contributed by atoms with van der Waals surface area (Å²) in [6.07, 6.45) is 1.68. The Bertz CT molecular complexity index is 527. The van der Waals surface area contributed by atoms with E-state index < -0.39 is 0 Å². The summed E-state index contributed by atoms with van der Waals surface area (Å²) in [6, 6.07) is 8.10. The van der Waals surface area contributed by atoms with Gasteiger partial charge in [0.2, 0.25) is 0 Å². The second kappa shape index (κ2) is 4.76. The molecule has 0 unspecified atom stereocenters. The monoisotopic (exact) mass is 246 g/mol. The van der Waals surface area contributed by atoms with Crippen LogP contribution in [0, 0.1) is 20.8 Å². The molecule has 17 heavy (non-hydrogen) atoms. The van der Waals surface area contributed by atoms with E-state index in [1.807, 2.05) is 12.1 Å². The number of nitrogens with zero attached hydrogens (tertiary/aromatic N) is 1. The number of rotatable bonds is 2. The molecule has 0 fully saturated rings. The second-order valence-electron chi connectivity index (χ2n) is 4.24. The Morgan fingerprint density at radius 2 is 1.76 bits per heavy atom. The lowest BCUT2D eigenvalue weighted by molar-refractivity contribution is 1.28. The molecule has 1 N–H and O–H groups in total. The number of nitrogens with one attached hydrogen (secondary N) is 1. The van der Waals surface area contributed by atoms with Gasteiger partial charge in [-0.15, -0.1) is 0 Å². The molecule has 0 spiro atoms. The number of anilines is 2. The zero-order valence-electron chi connectivity index (χ0n) is 10.2. The molecule has 0 bridgehead atoms. The van der Waals surface area contributed by atoms with Crippen LogP contribution in [0.1, 0.15) is 16.7 Å². The first-order chi connectivity index (χ1) is 8.08. The van der Waals surface area contributed by atoms with Crippen molar-refractivity contribution in [3.05, 3.63) is 52.3 Å². The highest BCUT2D eigenvalue weighted by molar-refractivity contribution is 6.32. The zero-order valence-corrected chi connectivity index (χ0v) is 11.0. The van der Waals surface area contributed by atoms with Gasteiger partial charge in [0, 0.05) is 11.9 Å². The smallest absolute Gasteiger partial charge is 0.152 e. The summed E-state index contributed by atoms with van der Waals surface area (Å²) < 4.78 is 0. The standard InChI is InChI=1S/C14H15ClN2/c1-9-7-10(2)13(11(3)8-9)17-12-5-4-6-16-14(12)15/h4-8,17H,1-3H3. The van der Waals surface area contributed by atoms with Gasteiger partial charge in [0.1, 0.15) is 0 Å². The van der Waals surface area contributed by atoms with E-state index in [9.17, 15) is 0 Å². The topological polar surface area (TPSA) is 24.9 Å². The molecule has 0 amide bonds. The molecule has 3 heteroatoms. The molecule has 1 heterocycles. The van der Waals surface area contributed by atoms with Crippen LogP contribution in [0.3, 0.4) is 0 Å². The van der Waals surface area contributed by atoms with Gasteiger partial charge in [0.15, 0.2) is 5.15 Å². The van der Waals surface area contributed by atoms with Crippen molar-refractivity contribution in [2.45, 2.75) is 20.8 Å². The number of benzene rings is 1. The van der Waals surface area contributed by atoms with E-state index in [0.717, 1.165) is 11.4 Å². The molecule has 0 saturated heterocycles. The summed E-state index contributed by atoms with van der Waals surface area (Å²) in [5, 5.41) is 3.83. The maximum Gasteiger partial charge on any atom is 0.152 e. The van der Waals surface area contributed by atoms with E-state index in [2.05, 4.69) is 43.2 Å². The second-order valence-corrected chi connectivity index (χ2v) is 4.60. The van der Waals surface area contributed by atoms with Crippen molar-refractivity contribution in [2.24, 2.45) is 0 Å². The number of aryl methyl sites for hydroxylation is 3. The summed E-state index contributed by atoms with van der Waals surface area (Å²) >= 11 is 6.04. The zero-order chi connectivity index (χ0) is 12.4. The number of hydrogen-bond acceptors (Lipinski definition) is 2. The van der Waals surface area contributed by atoms with Crippen molar-refractivity contribution < 1.29 is 0 Å². The first kappa shape index (κ1) is 11.9. The summed E-state index contributed by atoms with van der Waals surface area (Å²) in [5.74, 6) is 0. The van der Waals surface area contributed by atoms with Crippen LogP contribution in [0.2, 0.25) is 5.15 Å². The van der Waals surface area contributed by atoms with Crippen LogP contribution in [0.15, 0.2) is 30.5 Å². The van der Waals surface area contributed by atoms with Crippen LogP contribution in [-0.4, -0.2) is 4.98 Å². The Hall–Kier alpha value is -1.54. The Kier molecular flexibility index (Phi) is 3.34. The normalized spacial score (nSPS) is 10.4. The average molecular weight is 247 g/mol. The molecular formula is C14H15ClN2. The van der Waals surface area contributed by atoms with Crippen molar-refractivity contribution in [3.63, 3.8) is 0 Å². The van der Waals surface area contributed by atoms with E-state index in [0.29, 0.717) is 5.15 Å². The molecule has 1 aromatic carbocycles. The number of pyridine rings is 1. The largest absolute Gasteiger partial charge is 0.353 e. The van der Waals surface area contributed by atoms with Crippen LogP contribution in [-0.2, 0) is 0 Å². The van der Waals surface area contributed by atoms with Gasteiger partial charge in [0.25, 0.3) is 0 Å². The quantitative estimate of drug-likeness (QED) is 0.795. The van der Waals surface area contributed by atoms with Gasteiger partial charge in [-0.3, -0.25) is 0 Å². The predicted molar refractivity (Wildman–Crippen MR) is 73.2 cm³/mol. The molecule has 0 aliphatic carbocycles. The third-order valence-corrected chi connectivity index (χ3v) is 3.00. The Morgan fingerprint density at radius 1 is 1.12 bits per heavy atom. The van der Waals surface area contributed by atoms with Gasteiger partial charge in [0.05, 0.1) is 5.69 Å². The molecule has 2 aromatic rings. The van der Waals surface area contributed by atoms with Gasteiger partial charge in [-0.1, -0.05) is 29.3 Å². The lowest BCUT2D eigenvalue weighted by atomic mass is 10.1. The highest BCUT2D eigenvalue weighted by Crippen LogP contribution is 2.28. The Morgan fingerprint density at radius 3 is 2.35 bits per heavy atom. The first-order valence-corrected chi connectivity index (χ1v) is 5.91.